The molecule has 0 aliphatic heterocycles. The van der Waals surface area contributed by atoms with Crippen molar-refractivity contribution in [2.75, 3.05) is 11.9 Å². The first kappa shape index (κ1) is 21.1. The van der Waals surface area contributed by atoms with E-state index in [1.54, 1.807) is 0 Å². The third kappa shape index (κ3) is 4.93. The van der Waals surface area contributed by atoms with Gasteiger partial charge in [-0.1, -0.05) is 37.3 Å². The van der Waals surface area contributed by atoms with E-state index >= 15 is 0 Å². The van der Waals surface area contributed by atoms with Gasteiger partial charge < -0.3 is 19.7 Å². The largest absolute Gasteiger partial charge is 0.488 e. The zero-order valence-corrected chi connectivity index (χ0v) is 16.9. The lowest BCUT2D eigenvalue weighted by Crippen LogP contribution is -2.19. The number of rotatable bonds is 8. The van der Waals surface area contributed by atoms with Crippen LogP contribution in [0.1, 0.15) is 38.8 Å². The molecule has 0 amide bonds. The summed E-state index contributed by atoms with van der Waals surface area (Å²) in [5, 5.41) is 13.0. The third-order valence-corrected chi connectivity index (χ3v) is 4.50. The van der Waals surface area contributed by atoms with Crippen LogP contribution in [0, 0.1) is 0 Å². The fraction of sp³-hybridized carbons (Fsp3) is 0.381. The normalized spacial score (nSPS) is 12.0. The molecule has 3 aromatic rings. The molecule has 5 nitrogen and oxygen atoms in total. The highest BCUT2D eigenvalue weighted by Gasteiger charge is 2.14. The molecule has 0 aliphatic carbocycles. The molecule has 27 heavy (non-hydrogen) atoms. The van der Waals surface area contributed by atoms with Crippen LogP contribution >= 0.6 is 12.4 Å². The number of fused-ring (bicyclic) bond motifs is 1. The molecule has 0 aliphatic rings. The zero-order valence-electron chi connectivity index (χ0n) is 16.1. The predicted octanol–water partition coefficient (Wildman–Crippen LogP) is 4.80. The van der Waals surface area contributed by atoms with Gasteiger partial charge in [0.05, 0.1) is 24.1 Å². The lowest BCUT2D eigenvalue weighted by atomic mass is 10.2. The first-order valence-corrected chi connectivity index (χ1v) is 9.18. The van der Waals surface area contributed by atoms with E-state index in [9.17, 15) is 5.11 Å². The van der Waals surface area contributed by atoms with Crippen LogP contribution in [0.4, 0.5) is 5.69 Å². The molecule has 0 radical (unpaired) electrons. The topological polar surface area (TPSA) is 59.3 Å². The summed E-state index contributed by atoms with van der Waals surface area (Å²) in [5.74, 6) is 0.747. The summed E-state index contributed by atoms with van der Waals surface area (Å²) in [6, 6.07) is 14.6. The van der Waals surface area contributed by atoms with Crippen molar-refractivity contribution in [1.82, 2.24) is 9.55 Å². The van der Waals surface area contributed by atoms with Crippen molar-refractivity contribution in [3.8, 4) is 5.75 Å². The lowest BCUT2D eigenvalue weighted by molar-refractivity contribution is 0.113. The summed E-state index contributed by atoms with van der Waals surface area (Å²) >= 11 is 0. The van der Waals surface area contributed by atoms with Gasteiger partial charge in [0.1, 0.15) is 17.4 Å². The fourth-order valence-corrected chi connectivity index (χ4v) is 2.96. The summed E-state index contributed by atoms with van der Waals surface area (Å²) in [4.78, 5) is 4.61. The van der Waals surface area contributed by atoms with E-state index in [-0.39, 0.29) is 25.1 Å². The number of ether oxygens (including phenoxy) is 1. The molecule has 2 aromatic carbocycles. The number of hydrogen-bond acceptors (Lipinski definition) is 4. The van der Waals surface area contributed by atoms with Gasteiger partial charge in [0, 0.05) is 24.7 Å². The molecule has 2 N–H and O–H groups in total. The summed E-state index contributed by atoms with van der Waals surface area (Å²) < 4.78 is 8.12. The Bertz CT molecular complexity index is 845. The highest BCUT2D eigenvalue weighted by atomic mass is 35.5. The molecular formula is C21H28ClN3O2. The Balaban J connectivity index is 0.00000261. The number of hydrogen-bond donors (Lipinski definition) is 2. The monoisotopic (exact) mass is 389 g/mol. The second-order valence-electron chi connectivity index (χ2n) is 6.75. The van der Waals surface area contributed by atoms with Gasteiger partial charge in [-0.25, -0.2) is 4.98 Å². The molecule has 0 bridgehead atoms. The molecule has 3 rings (SSSR count). The fourth-order valence-electron chi connectivity index (χ4n) is 2.96. The molecule has 1 heterocycles. The minimum absolute atomic E-state index is 0. The maximum atomic E-state index is 9.47. The molecule has 1 aromatic heterocycles. The lowest BCUT2D eigenvalue weighted by Gasteiger charge is -2.17. The average molecular weight is 390 g/mol. The number of nitrogens with zero attached hydrogens (tertiary/aromatic N) is 2. The number of aliphatic hydroxyl groups excluding tert-OH is 1. The van der Waals surface area contributed by atoms with Gasteiger partial charge >= 0.3 is 0 Å². The van der Waals surface area contributed by atoms with Crippen molar-refractivity contribution < 1.29 is 9.84 Å². The summed E-state index contributed by atoms with van der Waals surface area (Å²) in [7, 11) is 0. The Morgan fingerprint density at radius 3 is 2.56 bits per heavy atom. The van der Waals surface area contributed by atoms with Crippen LogP contribution < -0.4 is 10.1 Å². The number of aliphatic hydroxyl groups is 1. The number of benzene rings is 2. The van der Waals surface area contributed by atoms with Crippen LogP contribution in [-0.2, 0) is 6.54 Å². The maximum Gasteiger partial charge on any atom is 0.124 e. The first-order chi connectivity index (χ1) is 12.6. The molecule has 0 fully saturated rings. The molecule has 1 unspecified atom stereocenters. The van der Waals surface area contributed by atoms with Crippen LogP contribution in [0.5, 0.6) is 5.75 Å². The molecule has 1 atom stereocenters. The summed E-state index contributed by atoms with van der Waals surface area (Å²) in [5.41, 5.74) is 4.10. The number of halogens is 1. The maximum absolute atomic E-state index is 9.47. The molecule has 0 saturated carbocycles. The summed E-state index contributed by atoms with van der Waals surface area (Å²) in [6.07, 6.45) is 2.42. The van der Waals surface area contributed by atoms with Crippen molar-refractivity contribution in [3.05, 3.63) is 54.4 Å². The molecule has 6 heteroatoms. The molecule has 0 spiro atoms. The van der Waals surface area contributed by atoms with Crippen LogP contribution in [-0.4, -0.2) is 27.4 Å². The zero-order chi connectivity index (χ0) is 18.5. The number of imidazole rings is 1. The Morgan fingerprint density at radius 2 is 1.93 bits per heavy atom. The molecule has 146 valence electrons. The van der Waals surface area contributed by atoms with Crippen LogP contribution in [0.25, 0.3) is 11.0 Å². The second kappa shape index (κ2) is 9.62. The van der Waals surface area contributed by atoms with Gasteiger partial charge in [-0.15, -0.1) is 12.4 Å². The smallest absolute Gasteiger partial charge is 0.124 e. The Morgan fingerprint density at radius 1 is 1.19 bits per heavy atom. The number of aromatic nitrogens is 2. The van der Waals surface area contributed by atoms with Crippen LogP contribution in [0.3, 0.4) is 0 Å². The number of anilines is 1. The predicted molar refractivity (Wildman–Crippen MR) is 113 cm³/mol. The van der Waals surface area contributed by atoms with Crippen LogP contribution in [0.2, 0.25) is 0 Å². The SMILES string of the molecule is CCC(CO)Oc1cc(NCc2ccccc2)c2ncn(C(C)C)c2c1.Cl. The van der Waals surface area contributed by atoms with E-state index < -0.39 is 0 Å². The Labute approximate surface area is 166 Å². The van der Waals surface area contributed by atoms with Crippen molar-refractivity contribution >= 4 is 29.1 Å². The third-order valence-electron chi connectivity index (χ3n) is 4.50. The quantitative estimate of drug-likeness (QED) is 0.581. The van der Waals surface area contributed by atoms with Crippen molar-refractivity contribution in [2.45, 2.75) is 45.9 Å². The Kier molecular flexibility index (Phi) is 7.51. The minimum atomic E-state index is -0.204. The highest BCUT2D eigenvalue weighted by molar-refractivity contribution is 5.90. The summed E-state index contributed by atoms with van der Waals surface area (Å²) in [6.45, 7) is 6.99. The van der Waals surface area contributed by atoms with Gasteiger partial charge in [-0.3, -0.25) is 0 Å². The van der Waals surface area contributed by atoms with E-state index in [0.717, 1.165) is 28.9 Å². The van der Waals surface area contributed by atoms with E-state index in [2.05, 4.69) is 40.8 Å². The van der Waals surface area contributed by atoms with E-state index in [0.29, 0.717) is 12.6 Å². The van der Waals surface area contributed by atoms with Gasteiger partial charge in [-0.05, 0) is 25.8 Å². The highest BCUT2D eigenvalue weighted by Crippen LogP contribution is 2.31. The van der Waals surface area contributed by atoms with Crippen molar-refractivity contribution in [1.29, 1.82) is 0 Å². The van der Waals surface area contributed by atoms with E-state index in [1.165, 1.54) is 5.56 Å². The van der Waals surface area contributed by atoms with Gasteiger partial charge in [0.25, 0.3) is 0 Å². The van der Waals surface area contributed by atoms with Crippen molar-refractivity contribution in [2.24, 2.45) is 0 Å². The molecular weight excluding hydrogens is 362 g/mol. The standard InChI is InChI=1S/C21H27N3O2.ClH/c1-4-17(13-25)26-18-10-19(22-12-16-8-6-5-7-9-16)21-20(11-18)24(14-23-21)15(2)3;/h5-11,14-15,17,22,25H,4,12-13H2,1-3H3;1H. The molecule has 0 saturated heterocycles. The van der Waals surface area contributed by atoms with Gasteiger partial charge in [0.15, 0.2) is 0 Å². The second-order valence-corrected chi connectivity index (χ2v) is 6.75. The van der Waals surface area contributed by atoms with Gasteiger partial charge in [0.2, 0.25) is 0 Å². The average Bonchev–Trinajstić information content (AvgIpc) is 3.09. The van der Waals surface area contributed by atoms with Crippen LogP contribution in [0.15, 0.2) is 48.8 Å². The number of nitrogens with one attached hydrogen (secondary N) is 1. The minimum Gasteiger partial charge on any atom is -0.488 e. The van der Waals surface area contributed by atoms with Gasteiger partial charge in [-0.2, -0.15) is 0 Å². The van der Waals surface area contributed by atoms with E-state index in [4.69, 9.17) is 4.74 Å². The first-order valence-electron chi connectivity index (χ1n) is 9.18. The Hall–Kier alpha value is -2.24. The van der Waals surface area contributed by atoms with Crippen molar-refractivity contribution in [3.63, 3.8) is 0 Å². The van der Waals surface area contributed by atoms with E-state index in [1.807, 2.05) is 43.6 Å².